The van der Waals surface area contributed by atoms with Crippen molar-refractivity contribution in [3.63, 3.8) is 0 Å². The largest absolute Gasteiger partial charge is 0.496 e. The molecule has 0 N–H and O–H groups in total. The zero-order valence-corrected chi connectivity index (χ0v) is 14.2. The molecule has 0 aliphatic heterocycles. The number of thioether (sulfide) groups is 1. The second kappa shape index (κ2) is 7.31. The molecule has 0 fully saturated rings. The molecule has 24 heavy (non-hydrogen) atoms. The zero-order chi connectivity index (χ0) is 16.9. The molecule has 2 aromatic heterocycles. The average Bonchev–Trinajstić information content (AvgIpc) is 3.03. The normalized spacial score (nSPS) is 10.8. The van der Waals surface area contributed by atoms with Crippen molar-refractivity contribution < 1.29 is 9.53 Å². The molecule has 0 atom stereocenters. The monoisotopic (exact) mass is 343 g/mol. The fourth-order valence-corrected chi connectivity index (χ4v) is 2.95. The Bertz CT molecular complexity index is 818. The van der Waals surface area contributed by atoms with E-state index in [1.807, 2.05) is 24.3 Å². The van der Waals surface area contributed by atoms with Gasteiger partial charge in [0.15, 0.2) is 0 Å². The maximum absolute atomic E-state index is 12.3. The molecule has 1 aromatic carbocycles. The standard InChI is InChI=1S/C16H17N5O2S/c1-20(10-12-6-3-4-7-13(12)23-2)14(22)11-24-16-18-15-17-8-5-9-21(15)19-16/h3-9H,10-11H2,1-2H3. The highest BCUT2D eigenvalue weighted by Crippen LogP contribution is 2.20. The van der Waals surface area contributed by atoms with Crippen LogP contribution in [0.25, 0.3) is 5.78 Å². The molecule has 0 unspecified atom stereocenters. The third-order valence-corrected chi connectivity index (χ3v) is 4.27. The number of nitrogens with zero attached hydrogens (tertiary/aromatic N) is 5. The minimum atomic E-state index is -0.00211. The van der Waals surface area contributed by atoms with Crippen molar-refractivity contribution in [3.8, 4) is 5.75 Å². The summed E-state index contributed by atoms with van der Waals surface area (Å²) in [5.74, 6) is 1.56. The van der Waals surface area contributed by atoms with Gasteiger partial charge in [-0.3, -0.25) is 4.79 Å². The number of fused-ring (bicyclic) bond motifs is 1. The summed E-state index contributed by atoms with van der Waals surface area (Å²) in [7, 11) is 3.40. The first kappa shape index (κ1) is 16.3. The van der Waals surface area contributed by atoms with Crippen LogP contribution in [-0.4, -0.2) is 50.3 Å². The minimum absolute atomic E-state index is 0.00211. The quantitative estimate of drug-likeness (QED) is 0.637. The van der Waals surface area contributed by atoms with Crippen molar-refractivity contribution in [2.45, 2.75) is 11.7 Å². The molecule has 8 heteroatoms. The number of ether oxygens (including phenoxy) is 1. The van der Waals surface area contributed by atoms with E-state index in [2.05, 4.69) is 15.1 Å². The number of carbonyl (C=O) groups excluding carboxylic acids is 1. The van der Waals surface area contributed by atoms with Crippen LogP contribution in [0.3, 0.4) is 0 Å². The smallest absolute Gasteiger partial charge is 0.253 e. The maximum Gasteiger partial charge on any atom is 0.253 e. The number of methoxy groups -OCH3 is 1. The van der Waals surface area contributed by atoms with Gasteiger partial charge in [0.1, 0.15) is 5.75 Å². The lowest BCUT2D eigenvalue weighted by atomic mass is 10.2. The Hall–Kier alpha value is -2.61. The molecule has 2 heterocycles. The fourth-order valence-electron chi connectivity index (χ4n) is 2.19. The van der Waals surface area contributed by atoms with Crippen LogP contribution < -0.4 is 4.74 Å². The number of hydrogen-bond donors (Lipinski definition) is 0. The Balaban J connectivity index is 1.59. The molecular formula is C16H17N5O2S. The molecule has 0 spiro atoms. The van der Waals surface area contributed by atoms with Crippen molar-refractivity contribution in [3.05, 3.63) is 48.3 Å². The summed E-state index contributed by atoms with van der Waals surface area (Å²) in [4.78, 5) is 22.4. The van der Waals surface area contributed by atoms with Crippen LogP contribution in [0.4, 0.5) is 0 Å². The van der Waals surface area contributed by atoms with Crippen LogP contribution >= 0.6 is 11.8 Å². The first-order chi connectivity index (χ1) is 11.7. The van der Waals surface area contributed by atoms with Crippen LogP contribution in [0.5, 0.6) is 5.75 Å². The zero-order valence-electron chi connectivity index (χ0n) is 13.4. The molecule has 0 aliphatic carbocycles. The van der Waals surface area contributed by atoms with Crippen molar-refractivity contribution in [1.82, 2.24) is 24.5 Å². The summed E-state index contributed by atoms with van der Waals surface area (Å²) in [6, 6.07) is 9.45. The van der Waals surface area contributed by atoms with Gasteiger partial charge in [-0.15, -0.1) is 5.10 Å². The van der Waals surface area contributed by atoms with E-state index >= 15 is 0 Å². The summed E-state index contributed by atoms with van der Waals surface area (Å²) < 4.78 is 6.90. The van der Waals surface area contributed by atoms with Gasteiger partial charge in [-0.1, -0.05) is 30.0 Å². The lowest BCUT2D eigenvalue weighted by molar-refractivity contribution is -0.127. The van der Waals surface area contributed by atoms with Crippen LogP contribution in [0.1, 0.15) is 5.56 Å². The van der Waals surface area contributed by atoms with E-state index in [1.54, 1.807) is 42.0 Å². The predicted octanol–water partition coefficient (Wildman–Crippen LogP) is 1.88. The molecule has 0 saturated carbocycles. The number of carbonyl (C=O) groups is 1. The van der Waals surface area contributed by atoms with Gasteiger partial charge in [0.25, 0.3) is 5.78 Å². The van der Waals surface area contributed by atoms with Gasteiger partial charge in [-0.2, -0.15) is 4.98 Å². The van der Waals surface area contributed by atoms with Crippen molar-refractivity contribution >= 4 is 23.4 Å². The third-order valence-electron chi connectivity index (χ3n) is 3.45. The lowest BCUT2D eigenvalue weighted by Gasteiger charge is -2.18. The van der Waals surface area contributed by atoms with Gasteiger partial charge in [-0.05, 0) is 12.1 Å². The van der Waals surface area contributed by atoms with Gasteiger partial charge >= 0.3 is 0 Å². The molecule has 3 aromatic rings. The van der Waals surface area contributed by atoms with Gasteiger partial charge < -0.3 is 9.64 Å². The Morgan fingerprint density at radius 2 is 2.17 bits per heavy atom. The summed E-state index contributed by atoms with van der Waals surface area (Å²) in [6.07, 6.45) is 3.43. The van der Waals surface area contributed by atoms with Crippen molar-refractivity contribution in [2.24, 2.45) is 0 Å². The molecule has 0 bridgehead atoms. The molecule has 0 aliphatic rings. The third kappa shape index (κ3) is 3.65. The average molecular weight is 343 g/mol. The number of aromatic nitrogens is 4. The topological polar surface area (TPSA) is 72.6 Å². The second-order valence-electron chi connectivity index (χ2n) is 5.11. The summed E-state index contributed by atoms with van der Waals surface area (Å²) in [5.41, 5.74) is 0.968. The maximum atomic E-state index is 12.3. The first-order valence-electron chi connectivity index (χ1n) is 7.33. The van der Waals surface area contributed by atoms with E-state index in [0.717, 1.165) is 11.3 Å². The van der Waals surface area contributed by atoms with Crippen LogP contribution in [0.2, 0.25) is 0 Å². The highest BCUT2D eigenvalue weighted by Gasteiger charge is 2.14. The highest BCUT2D eigenvalue weighted by molar-refractivity contribution is 7.99. The van der Waals surface area contributed by atoms with Crippen molar-refractivity contribution in [1.29, 1.82) is 0 Å². The number of para-hydroxylation sites is 1. The molecule has 3 rings (SSSR count). The molecule has 0 saturated heterocycles. The van der Waals surface area contributed by atoms with E-state index in [1.165, 1.54) is 11.8 Å². The molecule has 7 nitrogen and oxygen atoms in total. The number of benzene rings is 1. The van der Waals surface area contributed by atoms with Gasteiger partial charge in [-0.25, -0.2) is 9.50 Å². The lowest BCUT2D eigenvalue weighted by Crippen LogP contribution is -2.28. The Morgan fingerprint density at radius 1 is 1.33 bits per heavy atom. The summed E-state index contributed by atoms with van der Waals surface area (Å²) in [5, 5.41) is 4.81. The molecular weight excluding hydrogens is 326 g/mol. The predicted molar refractivity (Wildman–Crippen MR) is 91.0 cm³/mol. The van der Waals surface area contributed by atoms with Gasteiger partial charge in [0, 0.05) is 31.5 Å². The minimum Gasteiger partial charge on any atom is -0.496 e. The van der Waals surface area contributed by atoms with E-state index in [0.29, 0.717) is 17.5 Å². The second-order valence-corrected chi connectivity index (χ2v) is 6.05. The van der Waals surface area contributed by atoms with Crippen LogP contribution in [0, 0.1) is 0 Å². The molecule has 124 valence electrons. The Labute approximate surface area is 143 Å². The van der Waals surface area contributed by atoms with Gasteiger partial charge in [0.2, 0.25) is 11.1 Å². The van der Waals surface area contributed by atoms with Crippen molar-refractivity contribution in [2.75, 3.05) is 19.9 Å². The number of hydrogen-bond acceptors (Lipinski definition) is 6. The van der Waals surface area contributed by atoms with Gasteiger partial charge in [0.05, 0.1) is 12.9 Å². The molecule has 1 amide bonds. The van der Waals surface area contributed by atoms with E-state index in [-0.39, 0.29) is 11.7 Å². The highest BCUT2D eigenvalue weighted by atomic mass is 32.2. The van der Waals surface area contributed by atoms with E-state index in [4.69, 9.17) is 4.74 Å². The Kier molecular flexibility index (Phi) is 4.95. The van der Waals surface area contributed by atoms with E-state index < -0.39 is 0 Å². The number of rotatable bonds is 6. The van der Waals surface area contributed by atoms with E-state index in [9.17, 15) is 4.79 Å². The fraction of sp³-hybridized carbons (Fsp3) is 0.250. The van der Waals surface area contributed by atoms with Crippen LogP contribution in [0.15, 0.2) is 47.9 Å². The summed E-state index contributed by atoms with van der Waals surface area (Å²) in [6.45, 7) is 0.490. The number of amides is 1. The van der Waals surface area contributed by atoms with Crippen LogP contribution in [-0.2, 0) is 11.3 Å². The Morgan fingerprint density at radius 3 is 2.96 bits per heavy atom. The SMILES string of the molecule is COc1ccccc1CN(C)C(=O)CSc1nc2ncccn2n1. The summed E-state index contributed by atoms with van der Waals surface area (Å²) >= 11 is 1.30. The molecule has 0 radical (unpaired) electrons. The first-order valence-corrected chi connectivity index (χ1v) is 8.32.